The van der Waals surface area contributed by atoms with Crippen LogP contribution < -0.4 is 10.0 Å². The maximum atomic E-state index is 11.9. The van der Waals surface area contributed by atoms with Crippen LogP contribution in [0.3, 0.4) is 0 Å². The van der Waals surface area contributed by atoms with Gasteiger partial charge in [-0.2, -0.15) is 0 Å². The fraction of sp³-hybridized carbons (Fsp3) is 0.692. The minimum Gasteiger partial charge on any atom is -0.320 e. The number of hydrogen-bond donors (Lipinski definition) is 2. The van der Waals surface area contributed by atoms with Crippen LogP contribution in [0, 0.1) is 6.92 Å². The zero-order valence-electron chi connectivity index (χ0n) is 11.9. The van der Waals surface area contributed by atoms with Gasteiger partial charge in [-0.3, -0.25) is 0 Å². The van der Waals surface area contributed by atoms with E-state index in [-0.39, 0.29) is 11.8 Å². The molecule has 0 aliphatic carbocycles. The monoisotopic (exact) mass is 304 g/mol. The third-order valence-electron chi connectivity index (χ3n) is 2.77. The summed E-state index contributed by atoms with van der Waals surface area (Å²) in [4.78, 5) is 2.49. The van der Waals surface area contributed by atoms with Crippen LogP contribution >= 0.6 is 11.3 Å². The number of unbranched alkanes of at least 4 members (excludes halogenated alkanes) is 1. The first kappa shape index (κ1) is 16.6. The number of nitrogens with one attached hydrogen (secondary N) is 2. The van der Waals surface area contributed by atoms with Gasteiger partial charge in [-0.1, -0.05) is 0 Å². The summed E-state index contributed by atoms with van der Waals surface area (Å²) < 4.78 is 26.5. The second kappa shape index (κ2) is 7.99. The predicted octanol–water partition coefficient (Wildman–Crippen LogP) is 1.91. The van der Waals surface area contributed by atoms with Gasteiger partial charge in [0.1, 0.15) is 0 Å². The molecule has 0 aliphatic rings. The zero-order valence-corrected chi connectivity index (χ0v) is 13.5. The lowest BCUT2D eigenvalue weighted by Crippen LogP contribution is -2.35. The number of hydrogen-bond acceptors (Lipinski definition) is 4. The molecule has 1 heterocycles. The van der Waals surface area contributed by atoms with Crippen molar-refractivity contribution in [2.24, 2.45) is 0 Å². The molecule has 0 aliphatic heterocycles. The number of thiophene rings is 1. The van der Waals surface area contributed by atoms with E-state index in [4.69, 9.17) is 0 Å². The Kier molecular flexibility index (Phi) is 6.99. The lowest BCUT2D eigenvalue weighted by Gasteiger charge is -2.13. The molecule has 0 fully saturated rings. The molecule has 0 aromatic carbocycles. The Labute approximate surface area is 120 Å². The molecule has 2 N–H and O–H groups in total. The van der Waals surface area contributed by atoms with E-state index in [1.165, 1.54) is 9.75 Å². The molecule has 0 saturated heterocycles. The molecule has 0 saturated carbocycles. The molecule has 1 aromatic heterocycles. The Morgan fingerprint density at radius 3 is 2.63 bits per heavy atom. The minimum absolute atomic E-state index is 0.0487. The summed E-state index contributed by atoms with van der Waals surface area (Å²) in [7, 11) is -1.27. The summed E-state index contributed by atoms with van der Waals surface area (Å²) in [5.41, 5.74) is 0. The van der Waals surface area contributed by atoms with Crippen molar-refractivity contribution in [3.05, 3.63) is 21.9 Å². The standard InChI is InChI=1S/C13H24N2O2S2/c1-11(10-13-7-6-12(2)18-13)15-19(16,17)9-5-4-8-14-3/h6-7,11,14-15H,4-5,8-10H2,1-3H3. The van der Waals surface area contributed by atoms with Crippen LogP contribution in [0.25, 0.3) is 0 Å². The van der Waals surface area contributed by atoms with E-state index in [0.29, 0.717) is 6.42 Å². The third kappa shape index (κ3) is 7.06. The smallest absolute Gasteiger partial charge is 0.211 e. The van der Waals surface area contributed by atoms with E-state index in [0.717, 1.165) is 19.4 Å². The van der Waals surface area contributed by atoms with Gasteiger partial charge >= 0.3 is 0 Å². The van der Waals surface area contributed by atoms with Gasteiger partial charge in [-0.25, -0.2) is 13.1 Å². The summed E-state index contributed by atoms with van der Waals surface area (Å²) in [6.45, 7) is 4.84. The fourth-order valence-corrected chi connectivity index (χ4v) is 4.32. The third-order valence-corrected chi connectivity index (χ3v) is 5.38. The summed E-state index contributed by atoms with van der Waals surface area (Å²) >= 11 is 1.72. The SMILES string of the molecule is CNCCCCS(=O)(=O)NC(C)Cc1ccc(C)s1. The molecule has 0 radical (unpaired) electrons. The van der Waals surface area contributed by atoms with Gasteiger partial charge in [0.05, 0.1) is 5.75 Å². The van der Waals surface area contributed by atoms with Crippen molar-refractivity contribution < 1.29 is 8.42 Å². The van der Waals surface area contributed by atoms with Crippen LogP contribution in [0.4, 0.5) is 0 Å². The van der Waals surface area contributed by atoms with Crippen molar-refractivity contribution in [1.29, 1.82) is 0 Å². The van der Waals surface area contributed by atoms with Gasteiger partial charge in [0.15, 0.2) is 0 Å². The van der Waals surface area contributed by atoms with Crippen LogP contribution in [-0.2, 0) is 16.4 Å². The Morgan fingerprint density at radius 1 is 1.32 bits per heavy atom. The number of aryl methyl sites for hydroxylation is 1. The topological polar surface area (TPSA) is 58.2 Å². The highest BCUT2D eigenvalue weighted by molar-refractivity contribution is 7.89. The Balaban J connectivity index is 2.35. The van der Waals surface area contributed by atoms with E-state index in [9.17, 15) is 8.42 Å². The average molecular weight is 304 g/mol. The molecule has 1 unspecified atom stereocenters. The first-order chi connectivity index (χ1) is 8.93. The van der Waals surface area contributed by atoms with Crippen LogP contribution in [0.2, 0.25) is 0 Å². The lowest BCUT2D eigenvalue weighted by molar-refractivity contribution is 0.556. The Hall–Kier alpha value is -0.430. The summed E-state index contributed by atoms with van der Waals surface area (Å²) in [6, 6.07) is 4.09. The number of rotatable bonds is 9. The van der Waals surface area contributed by atoms with Crippen molar-refractivity contribution in [3.63, 3.8) is 0 Å². The molecular weight excluding hydrogens is 280 g/mol. The summed E-state index contributed by atoms with van der Waals surface area (Å²) in [5, 5.41) is 3.02. The molecular formula is C13H24N2O2S2. The maximum Gasteiger partial charge on any atom is 0.211 e. The molecule has 1 aromatic rings. The van der Waals surface area contributed by atoms with Gasteiger partial charge < -0.3 is 5.32 Å². The van der Waals surface area contributed by atoms with E-state index in [1.54, 1.807) is 11.3 Å². The summed E-state index contributed by atoms with van der Waals surface area (Å²) in [6.07, 6.45) is 2.34. The van der Waals surface area contributed by atoms with Gasteiger partial charge in [0.25, 0.3) is 0 Å². The molecule has 19 heavy (non-hydrogen) atoms. The predicted molar refractivity (Wildman–Crippen MR) is 82.3 cm³/mol. The largest absolute Gasteiger partial charge is 0.320 e. The van der Waals surface area contributed by atoms with Crippen molar-refractivity contribution >= 4 is 21.4 Å². The Bertz CT molecular complexity index is 469. The van der Waals surface area contributed by atoms with Gasteiger partial charge in [0, 0.05) is 15.8 Å². The molecule has 110 valence electrons. The molecule has 1 rings (SSSR count). The highest BCUT2D eigenvalue weighted by Crippen LogP contribution is 2.16. The van der Waals surface area contributed by atoms with E-state index >= 15 is 0 Å². The maximum absolute atomic E-state index is 11.9. The molecule has 6 heteroatoms. The van der Waals surface area contributed by atoms with Crippen LogP contribution in [0.1, 0.15) is 29.5 Å². The second-order valence-corrected chi connectivity index (χ2v) is 8.11. The normalized spacial score (nSPS) is 13.6. The van der Waals surface area contributed by atoms with E-state index < -0.39 is 10.0 Å². The quantitative estimate of drug-likeness (QED) is 0.685. The lowest BCUT2D eigenvalue weighted by atomic mass is 10.2. The van der Waals surface area contributed by atoms with E-state index in [1.807, 2.05) is 14.0 Å². The van der Waals surface area contributed by atoms with Crippen LogP contribution in [-0.4, -0.2) is 33.8 Å². The van der Waals surface area contributed by atoms with Crippen molar-refractivity contribution in [2.45, 2.75) is 39.2 Å². The zero-order chi connectivity index (χ0) is 14.3. The van der Waals surface area contributed by atoms with Gasteiger partial charge in [-0.15, -0.1) is 11.3 Å². The average Bonchev–Trinajstić information content (AvgIpc) is 2.69. The summed E-state index contributed by atoms with van der Waals surface area (Å²) in [5.74, 6) is 0.211. The molecule has 1 atom stereocenters. The molecule has 4 nitrogen and oxygen atoms in total. The highest BCUT2D eigenvalue weighted by atomic mass is 32.2. The Morgan fingerprint density at radius 2 is 2.05 bits per heavy atom. The van der Waals surface area contributed by atoms with Crippen molar-refractivity contribution in [1.82, 2.24) is 10.0 Å². The molecule has 0 spiro atoms. The highest BCUT2D eigenvalue weighted by Gasteiger charge is 2.14. The van der Waals surface area contributed by atoms with Crippen molar-refractivity contribution in [2.75, 3.05) is 19.3 Å². The van der Waals surface area contributed by atoms with Crippen molar-refractivity contribution in [3.8, 4) is 0 Å². The molecule has 0 bridgehead atoms. The van der Waals surface area contributed by atoms with Gasteiger partial charge in [0.2, 0.25) is 10.0 Å². The second-order valence-electron chi connectivity index (χ2n) is 4.86. The molecule has 0 amide bonds. The van der Waals surface area contributed by atoms with Crippen LogP contribution in [0.5, 0.6) is 0 Å². The number of sulfonamides is 1. The van der Waals surface area contributed by atoms with Crippen LogP contribution in [0.15, 0.2) is 12.1 Å². The fourth-order valence-electron chi connectivity index (χ4n) is 1.90. The first-order valence-electron chi connectivity index (χ1n) is 6.63. The van der Waals surface area contributed by atoms with Gasteiger partial charge in [-0.05, 0) is 58.8 Å². The first-order valence-corrected chi connectivity index (χ1v) is 9.10. The minimum atomic E-state index is -3.15. The van der Waals surface area contributed by atoms with E-state index in [2.05, 4.69) is 29.1 Å².